The van der Waals surface area contributed by atoms with Gasteiger partial charge in [0.2, 0.25) is 5.43 Å². The van der Waals surface area contributed by atoms with Gasteiger partial charge in [-0.2, -0.15) is 0 Å². The molecule has 10 nitrogen and oxygen atoms in total. The number of Topliss-reactive ketones (excluding diaryl/α,β-unsaturated/α-hetero) is 1. The topological polar surface area (TPSA) is 124 Å². The molecule has 0 aliphatic carbocycles. The molecule has 6 rings (SSSR count). The van der Waals surface area contributed by atoms with E-state index >= 15 is 0 Å². The number of rotatable bonds is 11. The van der Waals surface area contributed by atoms with Gasteiger partial charge in [0.15, 0.2) is 17.3 Å². The molecule has 1 unspecified atom stereocenters. The van der Waals surface area contributed by atoms with E-state index in [0.29, 0.717) is 54.1 Å². The van der Waals surface area contributed by atoms with Crippen LogP contribution in [0.4, 0.5) is 5.82 Å². The van der Waals surface area contributed by atoms with Gasteiger partial charge in [0.05, 0.1) is 37.0 Å². The van der Waals surface area contributed by atoms with Crippen molar-refractivity contribution in [2.24, 2.45) is 5.92 Å². The molecular formula is C36H38BrN3O7. The van der Waals surface area contributed by atoms with Crippen LogP contribution >= 0.6 is 15.9 Å². The molecule has 2 aromatic heterocycles. The summed E-state index contributed by atoms with van der Waals surface area (Å²) in [6.45, 7) is 4.24. The molecule has 0 bridgehead atoms. The van der Waals surface area contributed by atoms with Crippen molar-refractivity contribution in [3.05, 3.63) is 92.9 Å². The van der Waals surface area contributed by atoms with Crippen LogP contribution in [0.15, 0.2) is 76.4 Å². The first kappa shape index (κ1) is 32.9. The summed E-state index contributed by atoms with van der Waals surface area (Å²) in [4.78, 5) is 30.7. The molecule has 2 aliphatic heterocycles. The van der Waals surface area contributed by atoms with Crippen LogP contribution in [-0.4, -0.2) is 68.2 Å². The smallest absolute Gasteiger partial charge is 0.206 e. The zero-order valence-corrected chi connectivity index (χ0v) is 27.9. The Morgan fingerprint density at radius 2 is 1.77 bits per heavy atom. The van der Waals surface area contributed by atoms with Crippen molar-refractivity contribution in [1.82, 2.24) is 9.55 Å². The van der Waals surface area contributed by atoms with Gasteiger partial charge in [-0.3, -0.25) is 9.59 Å². The molecule has 2 saturated heterocycles. The zero-order chi connectivity index (χ0) is 32.8. The lowest BCUT2D eigenvalue weighted by Gasteiger charge is -2.23. The Labute approximate surface area is 281 Å². The molecule has 11 heteroatoms. The van der Waals surface area contributed by atoms with Crippen LogP contribution in [0.25, 0.3) is 22.3 Å². The fourth-order valence-corrected chi connectivity index (χ4v) is 6.33. The summed E-state index contributed by atoms with van der Waals surface area (Å²) in [7, 11) is 1.60. The number of ketones is 1. The Hall–Kier alpha value is -4.03. The molecule has 0 spiro atoms. The number of carbonyl (C=O) groups is 1. The number of pyridine rings is 2. The molecule has 4 aromatic rings. The minimum Gasteiger partial charge on any atom is -0.493 e. The fourth-order valence-electron chi connectivity index (χ4n) is 5.85. The van der Waals surface area contributed by atoms with E-state index in [1.54, 1.807) is 25.7 Å². The molecule has 0 saturated carbocycles. The maximum atomic E-state index is 13.3. The lowest BCUT2D eigenvalue weighted by molar-refractivity contribution is -0.101. The Bertz CT molecular complexity index is 1760. The second-order valence-electron chi connectivity index (χ2n) is 11.8. The van der Waals surface area contributed by atoms with Gasteiger partial charge in [0.1, 0.15) is 18.5 Å². The number of nitrogen functional groups attached to an aromatic ring is 1. The van der Waals surface area contributed by atoms with Crippen molar-refractivity contribution in [3.8, 4) is 33.8 Å². The summed E-state index contributed by atoms with van der Waals surface area (Å²) in [5, 5.41) is 0. The third-order valence-corrected chi connectivity index (χ3v) is 9.07. The molecule has 246 valence electrons. The van der Waals surface area contributed by atoms with Gasteiger partial charge in [-0.05, 0) is 69.6 Å². The number of carbonyl (C=O) groups excluding carboxylic acids is 1. The number of hydrogen-bond acceptors (Lipinski definition) is 9. The number of aromatic nitrogens is 2. The third kappa shape index (κ3) is 8.10. The van der Waals surface area contributed by atoms with Crippen molar-refractivity contribution in [3.63, 3.8) is 0 Å². The largest absolute Gasteiger partial charge is 0.493 e. The number of halogens is 1. The lowest BCUT2D eigenvalue weighted by atomic mass is 9.98. The first-order valence-electron chi connectivity index (χ1n) is 15.7. The Kier molecular flexibility index (Phi) is 10.7. The summed E-state index contributed by atoms with van der Waals surface area (Å²) < 4.78 is 30.5. The number of benzene rings is 2. The van der Waals surface area contributed by atoms with Crippen LogP contribution in [-0.2, 0) is 27.2 Å². The normalized spacial score (nSPS) is 16.9. The Morgan fingerprint density at radius 3 is 2.51 bits per heavy atom. The highest BCUT2D eigenvalue weighted by Gasteiger charge is 2.19. The Morgan fingerprint density at radius 1 is 0.979 bits per heavy atom. The van der Waals surface area contributed by atoms with Gasteiger partial charge < -0.3 is 34.0 Å². The van der Waals surface area contributed by atoms with E-state index in [-0.39, 0.29) is 29.3 Å². The number of nitrogens with two attached hydrogens (primary N) is 1. The quantitative estimate of drug-likeness (QED) is 0.200. The van der Waals surface area contributed by atoms with Gasteiger partial charge in [-0.1, -0.05) is 30.3 Å². The lowest BCUT2D eigenvalue weighted by Crippen LogP contribution is -2.33. The monoisotopic (exact) mass is 703 g/mol. The maximum Gasteiger partial charge on any atom is 0.206 e. The number of methoxy groups -OCH3 is 1. The van der Waals surface area contributed by atoms with Crippen LogP contribution in [0.2, 0.25) is 0 Å². The SMILES string of the molecule is COc1cc(-c2cnc(N)c(-c3ccc(CC(=O)c4cn(CC5CCOCC5)cc(Br)c4=O)cc3)c2)ccc1OCC1COCCO1. The van der Waals surface area contributed by atoms with E-state index in [9.17, 15) is 9.59 Å². The third-order valence-electron chi connectivity index (χ3n) is 8.50. The second kappa shape index (κ2) is 15.2. The number of hydrogen-bond donors (Lipinski definition) is 1. The van der Waals surface area contributed by atoms with Gasteiger partial charge in [-0.15, -0.1) is 0 Å². The highest BCUT2D eigenvalue weighted by molar-refractivity contribution is 9.10. The van der Waals surface area contributed by atoms with Gasteiger partial charge >= 0.3 is 0 Å². The molecular weight excluding hydrogens is 666 g/mol. The first-order chi connectivity index (χ1) is 22.9. The standard InChI is InChI=1S/C36H38BrN3O7/c1-43-34-16-26(6-7-33(34)47-22-28-21-45-12-13-46-28)27-15-29(36(38)39-17-27)25-4-2-23(3-5-25)14-32(41)30-19-40(20-31(37)35(30)42)18-24-8-10-44-11-9-24/h2-7,15-17,19-20,24,28H,8-14,18,21-22H2,1H3,(H2,38,39). The predicted molar refractivity (Wildman–Crippen MR) is 182 cm³/mol. The van der Waals surface area contributed by atoms with Crippen LogP contribution in [0, 0.1) is 5.92 Å². The minimum atomic E-state index is -0.297. The highest BCUT2D eigenvalue weighted by Crippen LogP contribution is 2.35. The predicted octanol–water partition coefficient (Wildman–Crippen LogP) is 5.58. The second-order valence-corrected chi connectivity index (χ2v) is 12.7. The van der Waals surface area contributed by atoms with Gasteiger partial charge in [-0.25, -0.2) is 4.98 Å². The average molecular weight is 705 g/mol. The average Bonchev–Trinajstić information content (AvgIpc) is 3.10. The van der Waals surface area contributed by atoms with Crippen LogP contribution in [0.1, 0.15) is 28.8 Å². The highest BCUT2D eigenvalue weighted by atomic mass is 79.9. The molecule has 1 atom stereocenters. The van der Waals surface area contributed by atoms with Crippen LogP contribution < -0.4 is 20.6 Å². The van der Waals surface area contributed by atoms with E-state index in [1.165, 1.54) is 0 Å². The number of anilines is 1. The summed E-state index contributed by atoms with van der Waals surface area (Å²) in [6.07, 6.45) is 7.08. The van der Waals surface area contributed by atoms with E-state index in [1.807, 2.05) is 53.1 Å². The molecule has 2 N–H and O–H groups in total. The van der Waals surface area contributed by atoms with E-state index in [4.69, 9.17) is 29.4 Å². The van der Waals surface area contributed by atoms with Crippen LogP contribution in [0.3, 0.4) is 0 Å². The van der Waals surface area contributed by atoms with E-state index < -0.39 is 0 Å². The first-order valence-corrected chi connectivity index (χ1v) is 16.5. The van der Waals surface area contributed by atoms with E-state index in [2.05, 4.69) is 20.9 Å². The van der Waals surface area contributed by atoms with E-state index in [0.717, 1.165) is 60.4 Å². The van der Waals surface area contributed by atoms with Crippen molar-refractivity contribution in [2.45, 2.75) is 31.9 Å². The summed E-state index contributed by atoms with van der Waals surface area (Å²) in [5.74, 6) is 1.81. The summed E-state index contributed by atoms with van der Waals surface area (Å²) in [5.41, 5.74) is 10.4. The molecule has 4 heterocycles. The number of nitrogens with zero attached hydrogens (tertiary/aromatic N) is 2. The fraction of sp³-hybridized carbons (Fsp3) is 0.361. The van der Waals surface area contributed by atoms with Crippen molar-refractivity contribution < 1.29 is 28.5 Å². The molecule has 47 heavy (non-hydrogen) atoms. The van der Waals surface area contributed by atoms with Gasteiger partial charge in [0.25, 0.3) is 0 Å². The van der Waals surface area contributed by atoms with Gasteiger partial charge in [0, 0.05) is 55.9 Å². The van der Waals surface area contributed by atoms with Crippen LogP contribution in [0.5, 0.6) is 11.5 Å². The molecule has 2 aromatic carbocycles. The molecule has 2 aliphatic rings. The summed E-state index contributed by atoms with van der Waals surface area (Å²) >= 11 is 3.36. The molecule has 2 fully saturated rings. The van der Waals surface area contributed by atoms with Crippen molar-refractivity contribution in [1.29, 1.82) is 0 Å². The molecule has 0 amide bonds. The van der Waals surface area contributed by atoms with Crippen molar-refractivity contribution in [2.75, 3.05) is 52.5 Å². The Balaban J connectivity index is 1.15. The molecule has 0 radical (unpaired) electrons. The van der Waals surface area contributed by atoms with Crippen molar-refractivity contribution >= 4 is 27.5 Å². The summed E-state index contributed by atoms with van der Waals surface area (Å²) in [6, 6.07) is 15.3. The maximum absolute atomic E-state index is 13.3. The minimum absolute atomic E-state index is 0.102. The zero-order valence-electron chi connectivity index (χ0n) is 26.3. The number of ether oxygens (including phenoxy) is 5.